The summed E-state index contributed by atoms with van der Waals surface area (Å²) < 4.78 is 5.11. The summed E-state index contributed by atoms with van der Waals surface area (Å²) in [5, 5.41) is 0.633. The van der Waals surface area contributed by atoms with Gasteiger partial charge in [-0.2, -0.15) is 0 Å². The van der Waals surface area contributed by atoms with Crippen LogP contribution in [0.15, 0.2) is 48.5 Å². The van der Waals surface area contributed by atoms with Gasteiger partial charge in [-0.1, -0.05) is 41.9 Å². The minimum absolute atomic E-state index is 0.220. The van der Waals surface area contributed by atoms with Crippen molar-refractivity contribution in [3.05, 3.63) is 64.7 Å². The normalized spacial score (nSPS) is 11.9. The molecule has 3 heteroatoms. The van der Waals surface area contributed by atoms with Gasteiger partial charge in [-0.3, -0.25) is 0 Å². The molecule has 19 heavy (non-hydrogen) atoms. The number of carbonyl (C=O) groups excluding carboxylic acids is 1. The van der Waals surface area contributed by atoms with Crippen LogP contribution < -0.4 is 4.74 Å². The van der Waals surface area contributed by atoms with Crippen molar-refractivity contribution in [2.24, 2.45) is 0 Å². The number of methoxy groups -OCH3 is 1. The Labute approximate surface area is 118 Å². The molecule has 2 rings (SSSR count). The van der Waals surface area contributed by atoms with Gasteiger partial charge in [0.05, 0.1) is 7.11 Å². The van der Waals surface area contributed by atoms with Gasteiger partial charge in [0.25, 0.3) is 0 Å². The van der Waals surface area contributed by atoms with Crippen molar-refractivity contribution in [3.63, 3.8) is 0 Å². The second-order valence-corrected chi connectivity index (χ2v) is 4.72. The Morgan fingerprint density at radius 2 is 1.84 bits per heavy atom. The summed E-state index contributed by atoms with van der Waals surface area (Å²) in [5.74, 6) is 0.589. The fourth-order valence-electron chi connectivity index (χ4n) is 2.02. The molecule has 0 fully saturated rings. The minimum Gasteiger partial charge on any atom is -0.497 e. The first-order valence-corrected chi connectivity index (χ1v) is 6.45. The molecule has 0 amide bonds. The molecule has 98 valence electrons. The molecule has 0 saturated carbocycles. The van der Waals surface area contributed by atoms with Crippen LogP contribution in [0.3, 0.4) is 0 Å². The Kier molecular flexibility index (Phi) is 4.58. The van der Waals surface area contributed by atoms with Gasteiger partial charge in [0.15, 0.2) is 0 Å². The molecular formula is C16H15ClO2. The van der Waals surface area contributed by atoms with Gasteiger partial charge in [-0.15, -0.1) is 0 Å². The first-order chi connectivity index (χ1) is 9.24. The zero-order valence-corrected chi connectivity index (χ0v) is 11.4. The van der Waals surface area contributed by atoms with E-state index in [1.165, 1.54) is 0 Å². The van der Waals surface area contributed by atoms with Crippen LogP contribution in [-0.2, 0) is 11.2 Å². The number of aldehydes is 1. The topological polar surface area (TPSA) is 26.3 Å². The van der Waals surface area contributed by atoms with E-state index in [-0.39, 0.29) is 5.92 Å². The molecule has 2 aromatic carbocycles. The van der Waals surface area contributed by atoms with Crippen molar-refractivity contribution in [3.8, 4) is 5.75 Å². The number of halogens is 1. The molecular weight excluding hydrogens is 260 g/mol. The van der Waals surface area contributed by atoms with Crippen molar-refractivity contribution in [2.75, 3.05) is 7.11 Å². The molecule has 0 aliphatic carbocycles. The average molecular weight is 275 g/mol. The second kappa shape index (κ2) is 6.39. The number of hydrogen-bond donors (Lipinski definition) is 0. The first-order valence-electron chi connectivity index (χ1n) is 6.07. The molecule has 1 atom stereocenters. The van der Waals surface area contributed by atoms with E-state index in [1.54, 1.807) is 13.2 Å². The molecule has 0 aliphatic heterocycles. The van der Waals surface area contributed by atoms with Crippen LogP contribution >= 0.6 is 11.6 Å². The van der Waals surface area contributed by atoms with E-state index in [9.17, 15) is 4.79 Å². The molecule has 0 spiro atoms. The van der Waals surface area contributed by atoms with Crippen LogP contribution in [0, 0.1) is 0 Å². The summed E-state index contributed by atoms with van der Waals surface area (Å²) in [7, 11) is 1.63. The molecule has 2 aromatic rings. The average Bonchev–Trinajstić information content (AvgIpc) is 2.46. The lowest BCUT2D eigenvalue weighted by Crippen LogP contribution is -2.05. The fourth-order valence-corrected chi connectivity index (χ4v) is 2.30. The Morgan fingerprint density at radius 3 is 2.42 bits per heavy atom. The maximum Gasteiger partial charge on any atom is 0.127 e. The molecule has 1 unspecified atom stereocenters. The Hall–Kier alpha value is -1.80. The molecule has 0 heterocycles. The zero-order valence-electron chi connectivity index (χ0n) is 10.7. The Balaban J connectivity index is 2.19. The van der Waals surface area contributed by atoms with Gasteiger partial charge in [-0.05, 0) is 35.7 Å². The summed E-state index contributed by atoms with van der Waals surface area (Å²) in [5.41, 5.74) is 1.95. The van der Waals surface area contributed by atoms with Crippen LogP contribution in [0.4, 0.5) is 0 Å². The maximum atomic E-state index is 11.3. The number of ether oxygens (including phenoxy) is 1. The zero-order chi connectivity index (χ0) is 13.7. The molecule has 0 aliphatic rings. The van der Waals surface area contributed by atoms with Gasteiger partial charge in [-0.25, -0.2) is 0 Å². The molecule has 0 saturated heterocycles. The van der Waals surface area contributed by atoms with E-state index in [4.69, 9.17) is 16.3 Å². The van der Waals surface area contributed by atoms with Gasteiger partial charge >= 0.3 is 0 Å². The third kappa shape index (κ3) is 3.36. The highest BCUT2D eigenvalue weighted by Gasteiger charge is 2.14. The van der Waals surface area contributed by atoms with E-state index in [1.807, 2.05) is 42.5 Å². The van der Waals surface area contributed by atoms with Crippen molar-refractivity contribution >= 4 is 17.9 Å². The summed E-state index contributed by atoms with van der Waals surface area (Å²) in [4.78, 5) is 11.3. The van der Waals surface area contributed by atoms with E-state index in [0.717, 1.165) is 23.2 Å². The second-order valence-electron chi connectivity index (χ2n) is 4.32. The lowest BCUT2D eigenvalue weighted by molar-refractivity contribution is -0.109. The van der Waals surface area contributed by atoms with E-state index in [0.29, 0.717) is 11.4 Å². The summed E-state index contributed by atoms with van der Waals surface area (Å²) in [6.07, 6.45) is 1.59. The smallest absolute Gasteiger partial charge is 0.127 e. The lowest BCUT2D eigenvalue weighted by atomic mass is 9.93. The molecule has 0 N–H and O–H groups in total. The molecule has 0 aromatic heterocycles. The van der Waals surface area contributed by atoms with Crippen LogP contribution in [0.2, 0.25) is 5.02 Å². The van der Waals surface area contributed by atoms with Gasteiger partial charge in [0.1, 0.15) is 12.0 Å². The largest absolute Gasteiger partial charge is 0.497 e. The highest BCUT2D eigenvalue weighted by atomic mass is 35.5. The number of benzene rings is 2. The highest BCUT2D eigenvalue weighted by Crippen LogP contribution is 2.26. The summed E-state index contributed by atoms with van der Waals surface area (Å²) in [6, 6.07) is 15.2. The monoisotopic (exact) mass is 274 g/mol. The Morgan fingerprint density at radius 1 is 1.16 bits per heavy atom. The first kappa shape index (κ1) is 13.6. The van der Waals surface area contributed by atoms with Crippen LogP contribution in [0.25, 0.3) is 0 Å². The third-order valence-corrected chi connectivity index (χ3v) is 3.43. The quantitative estimate of drug-likeness (QED) is 0.774. The SMILES string of the molecule is COc1ccc(CC(C=O)c2ccccc2Cl)cc1. The van der Waals surface area contributed by atoms with Crippen LogP contribution in [0.5, 0.6) is 5.75 Å². The van der Waals surface area contributed by atoms with Crippen molar-refractivity contribution in [1.29, 1.82) is 0 Å². The minimum atomic E-state index is -0.220. The lowest BCUT2D eigenvalue weighted by Gasteiger charge is -2.12. The summed E-state index contributed by atoms with van der Waals surface area (Å²) in [6.45, 7) is 0. The van der Waals surface area contributed by atoms with Crippen molar-refractivity contribution in [2.45, 2.75) is 12.3 Å². The predicted octanol–water partition coefficient (Wildman–Crippen LogP) is 3.87. The van der Waals surface area contributed by atoms with E-state index in [2.05, 4.69) is 0 Å². The maximum absolute atomic E-state index is 11.3. The molecule has 0 bridgehead atoms. The Bertz CT molecular complexity index is 549. The van der Waals surface area contributed by atoms with Gasteiger partial charge < -0.3 is 9.53 Å². The van der Waals surface area contributed by atoms with Gasteiger partial charge in [0.2, 0.25) is 0 Å². The standard InChI is InChI=1S/C16H15ClO2/c1-19-14-8-6-12(7-9-14)10-13(11-18)15-4-2-3-5-16(15)17/h2-9,11,13H,10H2,1H3. The predicted molar refractivity (Wildman–Crippen MR) is 77.0 cm³/mol. The van der Waals surface area contributed by atoms with Crippen molar-refractivity contribution < 1.29 is 9.53 Å². The molecule has 0 radical (unpaired) electrons. The number of carbonyl (C=O) groups is 1. The number of rotatable bonds is 5. The number of hydrogen-bond acceptors (Lipinski definition) is 2. The highest BCUT2D eigenvalue weighted by molar-refractivity contribution is 6.31. The van der Waals surface area contributed by atoms with Crippen LogP contribution in [-0.4, -0.2) is 13.4 Å². The van der Waals surface area contributed by atoms with E-state index < -0.39 is 0 Å². The van der Waals surface area contributed by atoms with Crippen LogP contribution in [0.1, 0.15) is 17.0 Å². The van der Waals surface area contributed by atoms with Crippen molar-refractivity contribution in [1.82, 2.24) is 0 Å². The van der Waals surface area contributed by atoms with Gasteiger partial charge in [0, 0.05) is 10.9 Å². The summed E-state index contributed by atoms with van der Waals surface area (Å²) >= 11 is 6.13. The fraction of sp³-hybridized carbons (Fsp3) is 0.188. The van der Waals surface area contributed by atoms with E-state index >= 15 is 0 Å². The third-order valence-electron chi connectivity index (χ3n) is 3.08. The molecule has 2 nitrogen and oxygen atoms in total.